The predicted octanol–water partition coefficient (Wildman–Crippen LogP) is 9.14. The lowest BCUT2D eigenvalue weighted by atomic mass is 10.0. The molecule has 1 aliphatic heterocycles. The van der Waals surface area contributed by atoms with Crippen LogP contribution >= 0.6 is 0 Å². The standard InChI is InChI=1S/C32H46O3/c1-4-6-7-8-9-10-11-14-27-24-34-32(35-25-27)30-17-15-28(16-18-30)29-19-21-31(22-20-29)33-23-12-13-26(3)5-2/h6-7,15-22,26-27,32H,4-5,8-14,23-25H2,1-3H3/b7-6-/t26-,27?,32?/m0/s1. The molecule has 0 spiro atoms. The molecule has 1 aliphatic rings. The monoisotopic (exact) mass is 478 g/mol. The minimum atomic E-state index is -0.245. The van der Waals surface area contributed by atoms with E-state index in [1.54, 1.807) is 0 Å². The Balaban J connectivity index is 1.37. The largest absolute Gasteiger partial charge is 0.494 e. The number of benzene rings is 2. The summed E-state index contributed by atoms with van der Waals surface area (Å²) >= 11 is 0. The minimum Gasteiger partial charge on any atom is -0.494 e. The van der Waals surface area contributed by atoms with Crippen molar-refractivity contribution in [2.24, 2.45) is 11.8 Å². The van der Waals surface area contributed by atoms with Crippen LogP contribution in [-0.2, 0) is 9.47 Å². The van der Waals surface area contributed by atoms with Crippen LogP contribution in [0.2, 0.25) is 0 Å². The van der Waals surface area contributed by atoms with E-state index in [0.29, 0.717) is 5.92 Å². The lowest BCUT2D eigenvalue weighted by molar-refractivity contribution is -0.206. The first kappa shape index (κ1) is 27.5. The van der Waals surface area contributed by atoms with Crippen LogP contribution in [0.5, 0.6) is 5.75 Å². The van der Waals surface area contributed by atoms with Crippen molar-refractivity contribution in [3.05, 3.63) is 66.2 Å². The van der Waals surface area contributed by atoms with Gasteiger partial charge in [0.1, 0.15) is 5.75 Å². The number of allylic oxidation sites excluding steroid dienone is 2. The fourth-order valence-corrected chi connectivity index (χ4v) is 4.46. The first-order valence-corrected chi connectivity index (χ1v) is 13.9. The average Bonchev–Trinajstić information content (AvgIpc) is 2.91. The molecule has 35 heavy (non-hydrogen) atoms. The molecule has 1 atom stereocenters. The summed E-state index contributed by atoms with van der Waals surface area (Å²) in [6, 6.07) is 17.0. The number of unbranched alkanes of at least 4 members (excludes halogenated alkanes) is 3. The normalized spacial score (nSPS) is 19.2. The van der Waals surface area contributed by atoms with E-state index in [2.05, 4.69) is 81.5 Å². The lowest BCUT2D eigenvalue weighted by Gasteiger charge is -2.29. The van der Waals surface area contributed by atoms with Crippen molar-refractivity contribution in [1.82, 2.24) is 0 Å². The summed E-state index contributed by atoms with van der Waals surface area (Å²) < 4.78 is 18.0. The molecular formula is C32H46O3. The van der Waals surface area contributed by atoms with Gasteiger partial charge in [-0.1, -0.05) is 88.6 Å². The Morgan fingerprint density at radius 1 is 0.857 bits per heavy atom. The quantitative estimate of drug-likeness (QED) is 0.189. The van der Waals surface area contributed by atoms with E-state index in [4.69, 9.17) is 14.2 Å². The molecule has 1 fully saturated rings. The zero-order valence-electron chi connectivity index (χ0n) is 22.2. The Bertz CT molecular complexity index is 832. The first-order valence-electron chi connectivity index (χ1n) is 13.9. The van der Waals surface area contributed by atoms with E-state index in [9.17, 15) is 0 Å². The molecule has 3 heteroatoms. The van der Waals surface area contributed by atoms with Gasteiger partial charge in [-0.2, -0.15) is 0 Å². The Morgan fingerprint density at radius 3 is 2.20 bits per heavy atom. The van der Waals surface area contributed by atoms with E-state index < -0.39 is 0 Å². The van der Waals surface area contributed by atoms with E-state index in [-0.39, 0.29) is 6.29 Å². The average molecular weight is 479 g/mol. The molecule has 0 radical (unpaired) electrons. The first-order chi connectivity index (χ1) is 17.2. The van der Waals surface area contributed by atoms with Crippen LogP contribution < -0.4 is 4.74 Å². The molecule has 0 aromatic heterocycles. The zero-order chi connectivity index (χ0) is 24.7. The fourth-order valence-electron chi connectivity index (χ4n) is 4.46. The molecule has 2 aromatic carbocycles. The molecule has 0 bridgehead atoms. The van der Waals surface area contributed by atoms with Crippen molar-refractivity contribution < 1.29 is 14.2 Å². The smallest absolute Gasteiger partial charge is 0.183 e. The molecule has 0 aliphatic carbocycles. The van der Waals surface area contributed by atoms with Gasteiger partial charge >= 0.3 is 0 Å². The summed E-state index contributed by atoms with van der Waals surface area (Å²) in [7, 11) is 0. The van der Waals surface area contributed by atoms with Crippen molar-refractivity contribution in [3.8, 4) is 16.9 Å². The van der Waals surface area contributed by atoms with Crippen LogP contribution in [0.1, 0.15) is 90.4 Å². The third-order valence-electron chi connectivity index (χ3n) is 7.03. The molecular weight excluding hydrogens is 432 g/mol. The summed E-state index contributed by atoms with van der Waals surface area (Å²) in [5, 5.41) is 0. The van der Waals surface area contributed by atoms with Gasteiger partial charge in [0.2, 0.25) is 0 Å². The summed E-state index contributed by atoms with van der Waals surface area (Å²) in [6.45, 7) is 9.11. The highest BCUT2D eigenvalue weighted by atomic mass is 16.7. The van der Waals surface area contributed by atoms with Crippen molar-refractivity contribution in [2.75, 3.05) is 19.8 Å². The topological polar surface area (TPSA) is 27.7 Å². The number of rotatable bonds is 15. The van der Waals surface area contributed by atoms with Crippen LogP contribution in [0.25, 0.3) is 11.1 Å². The maximum absolute atomic E-state index is 6.07. The molecule has 1 saturated heterocycles. The number of hydrogen-bond acceptors (Lipinski definition) is 3. The van der Waals surface area contributed by atoms with E-state index in [1.807, 2.05) is 0 Å². The maximum atomic E-state index is 6.07. The van der Waals surface area contributed by atoms with E-state index >= 15 is 0 Å². The van der Waals surface area contributed by atoms with Gasteiger partial charge in [0.05, 0.1) is 19.8 Å². The highest BCUT2D eigenvalue weighted by Crippen LogP contribution is 2.30. The molecule has 0 saturated carbocycles. The third-order valence-corrected chi connectivity index (χ3v) is 7.03. The highest BCUT2D eigenvalue weighted by Gasteiger charge is 2.23. The van der Waals surface area contributed by atoms with Gasteiger partial charge in [-0.15, -0.1) is 0 Å². The van der Waals surface area contributed by atoms with E-state index in [0.717, 1.165) is 49.9 Å². The van der Waals surface area contributed by atoms with Gasteiger partial charge in [-0.3, -0.25) is 0 Å². The van der Waals surface area contributed by atoms with Gasteiger partial charge in [0.15, 0.2) is 6.29 Å². The second-order valence-electron chi connectivity index (χ2n) is 10.0. The molecule has 3 nitrogen and oxygen atoms in total. The van der Waals surface area contributed by atoms with E-state index in [1.165, 1.54) is 56.1 Å². The predicted molar refractivity (Wildman–Crippen MR) is 147 cm³/mol. The van der Waals surface area contributed by atoms with Crippen LogP contribution in [0.3, 0.4) is 0 Å². The fraction of sp³-hybridized carbons (Fsp3) is 0.562. The molecule has 1 heterocycles. The Kier molecular flexibility index (Phi) is 12.4. The highest BCUT2D eigenvalue weighted by molar-refractivity contribution is 5.64. The third kappa shape index (κ3) is 9.82. The van der Waals surface area contributed by atoms with Crippen molar-refractivity contribution in [1.29, 1.82) is 0 Å². The van der Waals surface area contributed by atoms with Crippen molar-refractivity contribution in [3.63, 3.8) is 0 Å². The molecule has 3 rings (SSSR count). The second kappa shape index (κ2) is 15.8. The van der Waals surface area contributed by atoms with Crippen LogP contribution in [0.4, 0.5) is 0 Å². The Labute approximate surface area is 213 Å². The number of ether oxygens (including phenoxy) is 3. The zero-order valence-corrected chi connectivity index (χ0v) is 22.2. The SMILES string of the molecule is CC/C=C\CCCCCC1COC(c2ccc(-c3ccc(OCCC[C@@H](C)CC)cc3)cc2)OC1. The lowest BCUT2D eigenvalue weighted by Crippen LogP contribution is -2.27. The Morgan fingerprint density at radius 2 is 1.54 bits per heavy atom. The second-order valence-corrected chi connectivity index (χ2v) is 10.0. The molecule has 0 unspecified atom stereocenters. The Hall–Kier alpha value is -2.10. The van der Waals surface area contributed by atoms with Gasteiger partial charge in [0, 0.05) is 11.5 Å². The van der Waals surface area contributed by atoms with Crippen LogP contribution in [0, 0.1) is 11.8 Å². The molecule has 2 aromatic rings. The molecule has 192 valence electrons. The van der Waals surface area contributed by atoms with Gasteiger partial charge in [-0.25, -0.2) is 0 Å². The van der Waals surface area contributed by atoms with Gasteiger partial charge in [0.25, 0.3) is 0 Å². The maximum Gasteiger partial charge on any atom is 0.183 e. The van der Waals surface area contributed by atoms with Crippen LogP contribution in [0.15, 0.2) is 60.7 Å². The summed E-state index contributed by atoms with van der Waals surface area (Å²) in [4.78, 5) is 0. The number of hydrogen-bond donors (Lipinski definition) is 0. The van der Waals surface area contributed by atoms with Gasteiger partial charge in [-0.05, 0) is 67.7 Å². The summed E-state index contributed by atoms with van der Waals surface area (Å²) in [6.07, 6.45) is 15.3. The minimum absolute atomic E-state index is 0.245. The van der Waals surface area contributed by atoms with Crippen molar-refractivity contribution >= 4 is 0 Å². The van der Waals surface area contributed by atoms with Crippen molar-refractivity contribution in [2.45, 2.75) is 84.8 Å². The van der Waals surface area contributed by atoms with Crippen LogP contribution in [-0.4, -0.2) is 19.8 Å². The summed E-state index contributed by atoms with van der Waals surface area (Å²) in [5.74, 6) is 2.25. The van der Waals surface area contributed by atoms with Gasteiger partial charge < -0.3 is 14.2 Å². The summed E-state index contributed by atoms with van der Waals surface area (Å²) in [5.41, 5.74) is 3.48. The molecule has 0 N–H and O–H groups in total. The molecule has 0 amide bonds.